The number of likely N-dealkylation sites (tertiary alicyclic amines) is 1. The number of hydrogen-bond donors (Lipinski definition) is 3. The van der Waals surface area contributed by atoms with Gasteiger partial charge in [-0.05, 0) is 19.4 Å². The quantitative estimate of drug-likeness (QED) is 0.495. The molecule has 0 bridgehead atoms. The number of alkyl halides is 1. The topological polar surface area (TPSA) is 104 Å². The number of nitrogens with one attached hydrogen (secondary N) is 3. The predicted octanol–water partition coefficient (Wildman–Crippen LogP) is 3.11. The Balaban J connectivity index is 1.54. The maximum atomic E-state index is 12.3. The summed E-state index contributed by atoms with van der Waals surface area (Å²) >= 11 is 6.34. The molecule has 158 valence electrons. The number of rotatable bonds is 7. The highest BCUT2D eigenvalue weighted by Crippen LogP contribution is 2.31. The van der Waals surface area contributed by atoms with Crippen LogP contribution in [0.5, 0.6) is 0 Å². The van der Waals surface area contributed by atoms with Crippen molar-refractivity contribution < 1.29 is 9.18 Å². The lowest BCUT2D eigenvalue weighted by Crippen LogP contribution is -2.30. The Morgan fingerprint density at radius 2 is 2.33 bits per heavy atom. The van der Waals surface area contributed by atoms with Gasteiger partial charge in [0.25, 0.3) is 0 Å². The monoisotopic (exact) mass is 432 g/mol. The van der Waals surface area contributed by atoms with Gasteiger partial charge in [0, 0.05) is 44.1 Å². The van der Waals surface area contributed by atoms with Crippen LogP contribution in [0.25, 0.3) is 11.0 Å². The fourth-order valence-corrected chi connectivity index (χ4v) is 3.64. The molecule has 4 heterocycles. The van der Waals surface area contributed by atoms with Gasteiger partial charge < -0.3 is 20.5 Å². The molecular weight excluding hydrogens is 411 g/mol. The van der Waals surface area contributed by atoms with Gasteiger partial charge in [0.2, 0.25) is 11.9 Å². The van der Waals surface area contributed by atoms with E-state index < -0.39 is 6.67 Å². The van der Waals surface area contributed by atoms with Gasteiger partial charge in [0.15, 0.2) is 0 Å². The van der Waals surface area contributed by atoms with Crippen molar-refractivity contribution in [3.63, 3.8) is 0 Å². The Morgan fingerprint density at radius 3 is 3.10 bits per heavy atom. The van der Waals surface area contributed by atoms with Crippen LogP contribution >= 0.6 is 11.6 Å². The Labute approximate surface area is 177 Å². The summed E-state index contributed by atoms with van der Waals surface area (Å²) < 4.78 is 14.1. The second-order valence-electron chi connectivity index (χ2n) is 6.94. The van der Waals surface area contributed by atoms with Gasteiger partial charge in [-0.1, -0.05) is 11.6 Å². The van der Waals surface area contributed by atoms with Gasteiger partial charge in [-0.15, -0.1) is 0 Å². The SMILES string of the molecule is CCn1cc(Nc2nc(N[C@@H]3CCN(C(=O)/C=C/CF)C3)c3c(Cl)c[nH]c3n2)cn1. The number of aromatic nitrogens is 5. The number of carbonyl (C=O) groups excluding carboxylic acids is 1. The van der Waals surface area contributed by atoms with Gasteiger partial charge in [-0.3, -0.25) is 9.48 Å². The molecule has 3 N–H and O–H groups in total. The van der Waals surface area contributed by atoms with E-state index in [1.165, 1.54) is 12.2 Å². The Bertz CT molecular complexity index is 1080. The molecule has 1 amide bonds. The molecule has 3 aromatic rings. The van der Waals surface area contributed by atoms with Gasteiger partial charge in [-0.25, -0.2) is 4.39 Å². The molecule has 0 aliphatic carbocycles. The van der Waals surface area contributed by atoms with Crippen LogP contribution in [0.4, 0.5) is 21.8 Å². The molecule has 1 saturated heterocycles. The molecule has 0 saturated carbocycles. The fraction of sp³-hybridized carbons (Fsp3) is 0.368. The third kappa shape index (κ3) is 4.23. The van der Waals surface area contributed by atoms with E-state index in [1.54, 1.807) is 22.0 Å². The van der Waals surface area contributed by atoms with Gasteiger partial charge >= 0.3 is 0 Å². The van der Waals surface area contributed by atoms with Gasteiger partial charge in [-0.2, -0.15) is 15.1 Å². The number of hydrogen-bond acceptors (Lipinski definition) is 6. The smallest absolute Gasteiger partial charge is 0.246 e. The molecule has 9 nitrogen and oxygen atoms in total. The summed E-state index contributed by atoms with van der Waals surface area (Å²) in [7, 11) is 0. The van der Waals surface area contributed by atoms with Crippen molar-refractivity contribution in [1.82, 2.24) is 29.6 Å². The number of aryl methyl sites for hydroxylation is 1. The number of allylic oxidation sites excluding steroid dienone is 1. The minimum Gasteiger partial charge on any atom is -0.365 e. The number of anilines is 3. The first-order valence-electron chi connectivity index (χ1n) is 9.69. The summed E-state index contributed by atoms with van der Waals surface area (Å²) in [5.74, 6) is 0.783. The largest absolute Gasteiger partial charge is 0.365 e. The van der Waals surface area contributed by atoms with E-state index in [-0.39, 0.29) is 11.9 Å². The van der Waals surface area contributed by atoms with Gasteiger partial charge in [0.05, 0.1) is 22.3 Å². The second kappa shape index (κ2) is 8.70. The third-order valence-electron chi connectivity index (χ3n) is 4.89. The molecular formula is C19H22ClFN8O. The number of nitrogens with zero attached hydrogens (tertiary/aromatic N) is 5. The summed E-state index contributed by atoms with van der Waals surface area (Å²) in [6.07, 6.45) is 8.47. The number of aromatic amines is 1. The van der Waals surface area contributed by atoms with Crippen LogP contribution in [0.3, 0.4) is 0 Å². The number of fused-ring (bicyclic) bond motifs is 1. The zero-order valence-electron chi connectivity index (χ0n) is 16.4. The normalized spacial score (nSPS) is 16.6. The molecule has 1 atom stereocenters. The van der Waals surface area contributed by atoms with E-state index >= 15 is 0 Å². The van der Waals surface area contributed by atoms with E-state index in [9.17, 15) is 9.18 Å². The first-order valence-corrected chi connectivity index (χ1v) is 10.1. The van der Waals surface area contributed by atoms with Crippen LogP contribution < -0.4 is 10.6 Å². The molecule has 30 heavy (non-hydrogen) atoms. The van der Waals surface area contributed by atoms with Crippen LogP contribution in [0.1, 0.15) is 13.3 Å². The van der Waals surface area contributed by atoms with E-state index in [0.717, 1.165) is 18.7 Å². The summed E-state index contributed by atoms with van der Waals surface area (Å²) in [4.78, 5) is 25.9. The number of amides is 1. The highest BCUT2D eigenvalue weighted by atomic mass is 35.5. The lowest BCUT2D eigenvalue weighted by atomic mass is 10.2. The zero-order valence-corrected chi connectivity index (χ0v) is 17.2. The standard InChI is InChI=1S/C19H22ClFN8O/c1-2-29-11-13(8-23-29)25-19-26-17-16(14(20)9-22-17)18(27-19)24-12-5-7-28(10-12)15(30)4-3-6-21/h3-4,8-9,11-12H,2,5-7,10H2,1H3,(H3,22,24,25,26,27)/b4-3+/t12-/m1/s1. The van der Waals surface area contributed by atoms with Crippen molar-refractivity contribution in [3.05, 3.63) is 35.8 Å². The van der Waals surface area contributed by atoms with Crippen LogP contribution in [0.2, 0.25) is 5.02 Å². The molecule has 0 unspecified atom stereocenters. The molecule has 1 aliphatic heterocycles. The van der Waals surface area contributed by atoms with E-state index in [4.69, 9.17) is 11.6 Å². The minimum absolute atomic E-state index is 0.00696. The fourth-order valence-electron chi connectivity index (χ4n) is 3.41. The molecule has 0 radical (unpaired) electrons. The Kier molecular flexibility index (Phi) is 5.84. The van der Waals surface area contributed by atoms with Crippen molar-refractivity contribution in [2.75, 3.05) is 30.4 Å². The number of carbonyl (C=O) groups is 1. The molecule has 11 heteroatoms. The van der Waals surface area contributed by atoms with E-state index in [0.29, 0.717) is 40.9 Å². The number of H-pyrrole nitrogens is 1. The molecule has 0 spiro atoms. The van der Waals surface area contributed by atoms with Crippen molar-refractivity contribution in [2.45, 2.75) is 25.9 Å². The van der Waals surface area contributed by atoms with E-state index in [2.05, 4.69) is 30.7 Å². The minimum atomic E-state index is -0.654. The second-order valence-corrected chi connectivity index (χ2v) is 7.34. The maximum Gasteiger partial charge on any atom is 0.246 e. The summed E-state index contributed by atoms with van der Waals surface area (Å²) in [6, 6.07) is -0.00696. The highest BCUT2D eigenvalue weighted by molar-refractivity contribution is 6.36. The lowest BCUT2D eigenvalue weighted by Gasteiger charge is -2.17. The van der Waals surface area contributed by atoms with Crippen molar-refractivity contribution in [3.8, 4) is 0 Å². The van der Waals surface area contributed by atoms with E-state index in [1.807, 2.05) is 13.1 Å². The molecule has 4 rings (SSSR count). The zero-order chi connectivity index (χ0) is 21.1. The third-order valence-corrected chi connectivity index (χ3v) is 5.19. The summed E-state index contributed by atoms with van der Waals surface area (Å²) in [6.45, 7) is 3.20. The molecule has 1 fully saturated rings. The van der Waals surface area contributed by atoms with Crippen molar-refractivity contribution >= 4 is 46.0 Å². The van der Waals surface area contributed by atoms with Crippen LogP contribution in [-0.4, -0.2) is 61.3 Å². The lowest BCUT2D eigenvalue weighted by molar-refractivity contribution is -0.125. The maximum absolute atomic E-state index is 12.3. The van der Waals surface area contributed by atoms with Crippen molar-refractivity contribution in [1.29, 1.82) is 0 Å². The Morgan fingerprint density at radius 1 is 1.47 bits per heavy atom. The van der Waals surface area contributed by atoms with Crippen molar-refractivity contribution in [2.24, 2.45) is 0 Å². The molecule has 3 aromatic heterocycles. The average Bonchev–Trinajstić information content (AvgIpc) is 3.47. The average molecular weight is 433 g/mol. The predicted molar refractivity (Wildman–Crippen MR) is 114 cm³/mol. The first-order chi connectivity index (χ1) is 14.6. The summed E-state index contributed by atoms with van der Waals surface area (Å²) in [5.41, 5.74) is 1.37. The van der Waals surface area contributed by atoms with Crippen LogP contribution in [0, 0.1) is 0 Å². The molecule has 1 aliphatic rings. The van der Waals surface area contributed by atoms with Crippen LogP contribution in [0.15, 0.2) is 30.7 Å². The van der Waals surface area contributed by atoms with Crippen LogP contribution in [-0.2, 0) is 11.3 Å². The highest BCUT2D eigenvalue weighted by Gasteiger charge is 2.26. The van der Waals surface area contributed by atoms with Gasteiger partial charge in [0.1, 0.15) is 18.1 Å². The summed E-state index contributed by atoms with van der Waals surface area (Å²) in [5, 5.41) is 12.0. The Hall–Kier alpha value is -3.14. The molecule has 0 aromatic carbocycles. The first kappa shape index (κ1) is 20.1. The number of halogens is 2.